The van der Waals surface area contributed by atoms with E-state index >= 15 is 0 Å². The summed E-state index contributed by atoms with van der Waals surface area (Å²) in [5.41, 5.74) is 5.19. The summed E-state index contributed by atoms with van der Waals surface area (Å²) >= 11 is 0. The van der Waals surface area contributed by atoms with E-state index in [1.165, 1.54) is 22.3 Å². The topological polar surface area (TPSA) is 52.5 Å². The van der Waals surface area contributed by atoms with Crippen LogP contribution in [-0.4, -0.2) is 36.0 Å². The van der Waals surface area contributed by atoms with Gasteiger partial charge in [0.05, 0.1) is 19.3 Å². The quantitative estimate of drug-likeness (QED) is 0.735. The van der Waals surface area contributed by atoms with Crippen LogP contribution >= 0.6 is 0 Å². The van der Waals surface area contributed by atoms with Gasteiger partial charge in [0, 0.05) is 12.0 Å². The maximum atomic E-state index is 9.11. The Balaban J connectivity index is 2.90. The molecule has 0 spiro atoms. The van der Waals surface area contributed by atoms with Gasteiger partial charge in [-0.2, -0.15) is 0 Å². The van der Waals surface area contributed by atoms with E-state index < -0.39 is 0 Å². The van der Waals surface area contributed by atoms with Gasteiger partial charge in [-0.05, 0) is 43.0 Å². The average Bonchev–Trinajstić information content (AvgIpc) is 2.34. The second-order valence-corrected chi connectivity index (χ2v) is 6.08. The van der Waals surface area contributed by atoms with Crippen molar-refractivity contribution in [2.24, 2.45) is 0 Å². The largest absolute Gasteiger partial charge is 0.395 e. The fraction of sp³-hybridized carbons (Fsp3) is 0.625. The van der Waals surface area contributed by atoms with Crippen LogP contribution in [0.2, 0.25) is 0 Å². The highest BCUT2D eigenvalue weighted by Gasteiger charge is 2.24. The Kier molecular flexibility index (Phi) is 5.53. The van der Waals surface area contributed by atoms with Crippen LogP contribution in [0, 0.1) is 20.8 Å². The summed E-state index contributed by atoms with van der Waals surface area (Å²) in [6, 6.07) is 4.23. The predicted molar refractivity (Wildman–Crippen MR) is 79.6 cm³/mol. The highest BCUT2D eigenvalue weighted by molar-refractivity contribution is 5.40. The molecule has 0 aliphatic rings. The number of hydrogen-bond donors (Lipinski definition) is 3. The molecular weight excluding hydrogens is 238 g/mol. The summed E-state index contributed by atoms with van der Waals surface area (Å²) in [4.78, 5) is 0. The summed E-state index contributed by atoms with van der Waals surface area (Å²) < 4.78 is 0. The van der Waals surface area contributed by atoms with Crippen molar-refractivity contribution in [2.75, 3.05) is 19.8 Å². The van der Waals surface area contributed by atoms with Crippen LogP contribution < -0.4 is 5.32 Å². The molecule has 0 unspecified atom stereocenters. The van der Waals surface area contributed by atoms with Gasteiger partial charge >= 0.3 is 0 Å². The molecule has 108 valence electrons. The lowest BCUT2D eigenvalue weighted by atomic mass is 9.80. The van der Waals surface area contributed by atoms with Crippen molar-refractivity contribution in [3.8, 4) is 0 Å². The molecule has 0 aromatic heterocycles. The number of nitrogens with one attached hydrogen (secondary N) is 1. The van der Waals surface area contributed by atoms with Crippen LogP contribution in [0.1, 0.15) is 36.1 Å². The van der Waals surface area contributed by atoms with Gasteiger partial charge in [0.1, 0.15) is 0 Å². The zero-order valence-corrected chi connectivity index (χ0v) is 12.7. The molecular formula is C16H27NO2. The molecule has 0 heterocycles. The molecule has 0 saturated carbocycles. The molecule has 19 heavy (non-hydrogen) atoms. The minimum absolute atomic E-state index is 0.0366. The first kappa shape index (κ1) is 16.2. The molecule has 0 fully saturated rings. The highest BCUT2D eigenvalue weighted by Crippen LogP contribution is 2.28. The fourth-order valence-corrected chi connectivity index (χ4v) is 2.37. The van der Waals surface area contributed by atoms with Gasteiger partial charge < -0.3 is 15.5 Å². The van der Waals surface area contributed by atoms with E-state index in [-0.39, 0.29) is 24.7 Å². The predicted octanol–water partition coefficient (Wildman–Crippen LogP) is 1.83. The Hall–Kier alpha value is -0.900. The van der Waals surface area contributed by atoms with E-state index in [1.807, 2.05) is 0 Å². The van der Waals surface area contributed by atoms with Crippen molar-refractivity contribution in [1.82, 2.24) is 5.32 Å². The van der Waals surface area contributed by atoms with E-state index in [9.17, 15) is 0 Å². The number of aryl methyl sites for hydroxylation is 3. The van der Waals surface area contributed by atoms with E-state index in [2.05, 4.69) is 52.1 Å². The van der Waals surface area contributed by atoms with Crippen molar-refractivity contribution in [3.05, 3.63) is 34.4 Å². The molecule has 0 bridgehead atoms. The Morgan fingerprint density at radius 3 is 2.05 bits per heavy atom. The van der Waals surface area contributed by atoms with Crippen LogP contribution in [0.15, 0.2) is 12.1 Å². The third-order valence-corrected chi connectivity index (χ3v) is 3.84. The third-order valence-electron chi connectivity index (χ3n) is 3.84. The Bertz CT molecular complexity index is 423. The number of hydrogen-bond acceptors (Lipinski definition) is 3. The Labute approximate surface area is 116 Å². The molecule has 1 rings (SSSR count). The van der Waals surface area contributed by atoms with Crippen molar-refractivity contribution < 1.29 is 10.2 Å². The molecule has 3 nitrogen and oxygen atoms in total. The van der Waals surface area contributed by atoms with Gasteiger partial charge in [-0.1, -0.05) is 26.0 Å². The number of rotatable bonds is 6. The van der Waals surface area contributed by atoms with E-state index in [4.69, 9.17) is 10.2 Å². The van der Waals surface area contributed by atoms with E-state index in [0.717, 1.165) is 6.54 Å². The molecule has 0 saturated heterocycles. The molecule has 3 N–H and O–H groups in total. The minimum atomic E-state index is -0.244. The van der Waals surface area contributed by atoms with Crippen molar-refractivity contribution >= 4 is 0 Å². The lowest BCUT2D eigenvalue weighted by Gasteiger charge is -2.30. The molecule has 1 aromatic carbocycles. The van der Waals surface area contributed by atoms with Gasteiger partial charge in [-0.25, -0.2) is 0 Å². The summed E-state index contributed by atoms with van der Waals surface area (Å²) in [6.45, 7) is 11.4. The zero-order chi connectivity index (χ0) is 14.6. The number of aliphatic hydroxyl groups is 2. The maximum Gasteiger partial charge on any atom is 0.0607 e. The fourth-order valence-electron chi connectivity index (χ4n) is 2.37. The summed E-state index contributed by atoms with van der Waals surface area (Å²) in [5, 5.41) is 21.4. The number of aliphatic hydroxyl groups excluding tert-OH is 2. The standard InChI is InChI=1S/C16H27NO2/c1-11-6-13(3)15(7-12(11)2)16(4,5)10-17-14(8-18)9-19/h6-7,14,17-19H,8-10H2,1-5H3. The molecule has 3 heteroatoms. The SMILES string of the molecule is Cc1cc(C)c(C(C)(C)CNC(CO)CO)cc1C. The third kappa shape index (κ3) is 4.03. The second kappa shape index (κ2) is 6.51. The number of benzene rings is 1. The minimum Gasteiger partial charge on any atom is -0.395 e. The van der Waals surface area contributed by atoms with Crippen LogP contribution in [0.3, 0.4) is 0 Å². The molecule has 0 radical (unpaired) electrons. The van der Waals surface area contributed by atoms with Gasteiger partial charge in [-0.15, -0.1) is 0 Å². The Morgan fingerprint density at radius 2 is 1.53 bits per heavy atom. The lowest BCUT2D eigenvalue weighted by Crippen LogP contribution is -2.43. The van der Waals surface area contributed by atoms with Crippen LogP contribution in [0.5, 0.6) is 0 Å². The maximum absolute atomic E-state index is 9.11. The van der Waals surface area contributed by atoms with Crippen molar-refractivity contribution in [1.29, 1.82) is 0 Å². The first-order valence-corrected chi connectivity index (χ1v) is 6.85. The molecule has 1 aromatic rings. The molecule has 0 aliphatic heterocycles. The summed E-state index contributed by atoms with van der Waals surface area (Å²) in [5.74, 6) is 0. The summed E-state index contributed by atoms with van der Waals surface area (Å²) in [6.07, 6.45) is 0. The molecule has 0 aliphatic carbocycles. The van der Waals surface area contributed by atoms with Crippen LogP contribution in [-0.2, 0) is 5.41 Å². The van der Waals surface area contributed by atoms with Crippen molar-refractivity contribution in [3.63, 3.8) is 0 Å². The first-order chi connectivity index (χ1) is 8.81. The summed E-state index contributed by atoms with van der Waals surface area (Å²) in [7, 11) is 0. The smallest absolute Gasteiger partial charge is 0.0607 e. The van der Waals surface area contributed by atoms with Crippen molar-refractivity contribution in [2.45, 2.75) is 46.1 Å². The second-order valence-electron chi connectivity index (χ2n) is 6.08. The van der Waals surface area contributed by atoms with Crippen LogP contribution in [0.4, 0.5) is 0 Å². The Morgan fingerprint density at radius 1 is 1.00 bits per heavy atom. The van der Waals surface area contributed by atoms with Gasteiger partial charge in [0.15, 0.2) is 0 Å². The highest BCUT2D eigenvalue weighted by atomic mass is 16.3. The lowest BCUT2D eigenvalue weighted by molar-refractivity contribution is 0.166. The molecule has 0 atom stereocenters. The zero-order valence-electron chi connectivity index (χ0n) is 12.7. The normalized spacial score (nSPS) is 12.2. The van der Waals surface area contributed by atoms with E-state index in [1.54, 1.807) is 0 Å². The van der Waals surface area contributed by atoms with Gasteiger partial charge in [-0.3, -0.25) is 0 Å². The van der Waals surface area contributed by atoms with Gasteiger partial charge in [0.2, 0.25) is 0 Å². The van der Waals surface area contributed by atoms with Crippen LogP contribution in [0.25, 0.3) is 0 Å². The van der Waals surface area contributed by atoms with Gasteiger partial charge in [0.25, 0.3) is 0 Å². The molecule has 0 amide bonds. The monoisotopic (exact) mass is 265 g/mol. The van der Waals surface area contributed by atoms with E-state index in [0.29, 0.717) is 0 Å². The average molecular weight is 265 g/mol. The first-order valence-electron chi connectivity index (χ1n) is 6.85.